The van der Waals surface area contributed by atoms with E-state index in [4.69, 9.17) is 0 Å². The number of aromatic nitrogens is 4. The number of aromatic amines is 1. The molecule has 94 valence electrons. The van der Waals surface area contributed by atoms with E-state index < -0.39 is 0 Å². The minimum Gasteiger partial charge on any atom is -0.377 e. The lowest BCUT2D eigenvalue weighted by Crippen LogP contribution is -2.23. The van der Waals surface area contributed by atoms with Crippen molar-refractivity contribution in [1.29, 1.82) is 0 Å². The molecule has 2 aromatic rings. The topological polar surface area (TPSA) is 75.6 Å². The molecule has 0 fully saturated rings. The average molecular weight is 310 g/mol. The molecule has 2 rings (SSSR count). The normalized spacial score (nSPS) is 10.3. The molecule has 6 nitrogen and oxygen atoms in total. The standard InChI is InChI=1S/C11H12BrN5O/c1-2-5-17-11(18)10(12)9(7-15-17)13-6-8-3-4-14-16-8/h2-4,7,13H,1,5-6H2,(H,14,16). The first-order chi connectivity index (χ1) is 8.72. The van der Waals surface area contributed by atoms with Crippen LogP contribution in [0.1, 0.15) is 5.69 Å². The second kappa shape index (κ2) is 5.63. The lowest BCUT2D eigenvalue weighted by molar-refractivity contribution is 0.649. The van der Waals surface area contributed by atoms with Gasteiger partial charge in [-0.15, -0.1) is 6.58 Å². The molecule has 0 amide bonds. The van der Waals surface area contributed by atoms with E-state index >= 15 is 0 Å². The van der Waals surface area contributed by atoms with Crippen molar-refractivity contribution in [3.05, 3.63) is 51.6 Å². The van der Waals surface area contributed by atoms with E-state index in [2.05, 4.69) is 43.1 Å². The summed E-state index contributed by atoms with van der Waals surface area (Å²) in [6.45, 7) is 4.51. The Bertz CT molecular complexity index is 590. The van der Waals surface area contributed by atoms with E-state index in [1.54, 1.807) is 18.5 Å². The second-order valence-corrected chi connectivity index (χ2v) is 4.38. The Labute approximate surface area is 112 Å². The van der Waals surface area contributed by atoms with Crippen molar-refractivity contribution in [3.8, 4) is 0 Å². The largest absolute Gasteiger partial charge is 0.377 e. The summed E-state index contributed by atoms with van der Waals surface area (Å²) in [4.78, 5) is 11.9. The third-order valence-corrected chi connectivity index (χ3v) is 3.08. The summed E-state index contributed by atoms with van der Waals surface area (Å²) in [5.41, 5.74) is 1.39. The van der Waals surface area contributed by atoms with E-state index in [0.29, 0.717) is 23.2 Å². The van der Waals surface area contributed by atoms with E-state index in [0.717, 1.165) is 5.69 Å². The molecule has 2 N–H and O–H groups in total. The minimum atomic E-state index is -0.190. The third kappa shape index (κ3) is 2.67. The van der Waals surface area contributed by atoms with Crippen molar-refractivity contribution in [2.24, 2.45) is 0 Å². The molecule has 18 heavy (non-hydrogen) atoms. The highest BCUT2D eigenvalue weighted by Gasteiger charge is 2.07. The predicted octanol–water partition coefficient (Wildman–Crippen LogP) is 1.53. The fourth-order valence-corrected chi connectivity index (χ4v) is 1.86. The van der Waals surface area contributed by atoms with E-state index in [1.807, 2.05) is 6.07 Å². The molecule has 0 aliphatic rings. The van der Waals surface area contributed by atoms with Crippen LogP contribution in [0.4, 0.5) is 5.69 Å². The minimum absolute atomic E-state index is 0.190. The van der Waals surface area contributed by atoms with Crippen LogP contribution in [0.5, 0.6) is 0 Å². The zero-order chi connectivity index (χ0) is 13.0. The molecule has 2 aromatic heterocycles. The Balaban J connectivity index is 2.16. The molecule has 0 aliphatic carbocycles. The van der Waals surface area contributed by atoms with Gasteiger partial charge >= 0.3 is 0 Å². The van der Waals surface area contributed by atoms with Crippen molar-refractivity contribution < 1.29 is 0 Å². The molecule has 2 heterocycles. The van der Waals surface area contributed by atoms with Crippen LogP contribution in [0.15, 0.2) is 40.4 Å². The van der Waals surface area contributed by atoms with Crippen LogP contribution in [-0.4, -0.2) is 20.0 Å². The molecule has 0 atom stereocenters. The van der Waals surface area contributed by atoms with Gasteiger partial charge in [-0.25, -0.2) is 4.68 Å². The Morgan fingerprint density at radius 1 is 1.61 bits per heavy atom. The van der Waals surface area contributed by atoms with Crippen molar-refractivity contribution in [3.63, 3.8) is 0 Å². The van der Waals surface area contributed by atoms with E-state index in [1.165, 1.54) is 4.68 Å². The number of allylic oxidation sites excluding steroid dienone is 1. The Morgan fingerprint density at radius 3 is 3.11 bits per heavy atom. The Kier molecular flexibility index (Phi) is 3.93. The van der Waals surface area contributed by atoms with Crippen LogP contribution in [0.3, 0.4) is 0 Å². The van der Waals surface area contributed by atoms with Crippen LogP contribution in [-0.2, 0) is 13.1 Å². The molecule has 0 saturated carbocycles. The number of hydrogen-bond donors (Lipinski definition) is 2. The highest BCUT2D eigenvalue weighted by Crippen LogP contribution is 2.16. The third-order valence-electron chi connectivity index (χ3n) is 2.31. The number of H-pyrrole nitrogens is 1. The SMILES string of the molecule is C=CCn1ncc(NCc2ccn[nH]2)c(Br)c1=O. The van der Waals surface area contributed by atoms with E-state index in [-0.39, 0.29) is 5.56 Å². The summed E-state index contributed by atoms with van der Waals surface area (Å²) in [5.74, 6) is 0. The van der Waals surface area contributed by atoms with Gasteiger partial charge < -0.3 is 5.32 Å². The van der Waals surface area contributed by atoms with Crippen LogP contribution in [0.25, 0.3) is 0 Å². The van der Waals surface area contributed by atoms with Crippen molar-refractivity contribution in [2.45, 2.75) is 13.1 Å². The fraction of sp³-hybridized carbons (Fsp3) is 0.182. The summed E-state index contributed by atoms with van der Waals surface area (Å²) in [7, 11) is 0. The van der Waals surface area contributed by atoms with E-state index in [9.17, 15) is 4.79 Å². The number of anilines is 1. The first-order valence-electron chi connectivity index (χ1n) is 5.31. The van der Waals surface area contributed by atoms with Crippen molar-refractivity contribution in [1.82, 2.24) is 20.0 Å². The molecule has 0 radical (unpaired) electrons. The summed E-state index contributed by atoms with van der Waals surface area (Å²) < 4.78 is 1.79. The number of nitrogens with one attached hydrogen (secondary N) is 2. The van der Waals surface area contributed by atoms with Crippen molar-refractivity contribution in [2.75, 3.05) is 5.32 Å². The second-order valence-electron chi connectivity index (χ2n) is 3.58. The molecule has 0 spiro atoms. The predicted molar refractivity (Wildman–Crippen MR) is 72.3 cm³/mol. The Hall–Kier alpha value is -1.89. The smallest absolute Gasteiger partial charge is 0.283 e. The van der Waals surface area contributed by atoms with Gasteiger partial charge in [-0.2, -0.15) is 10.2 Å². The quantitative estimate of drug-likeness (QED) is 0.821. The summed E-state index contributed by atoms with van der Waals surface area (Å²) in [5, 5.41) is 13.8. The highest BCUT2D eigenvalue weighted by atomic mass is 79.9. The molecule has 0 aliphatic heterocycles. The first kappa shape index (κ1) is 12.6. The maximum atomic E-state index is 11.9. The first-order valence-corrected chi connectivity index (χ1v) is 6.10. The van der Waals surface area contributed by atoms with Gasteiger partial charge in [-0.05, 0) is 22.0 Å². The lowest BCUT2D eigenvalue weighted by Gasteiger charge is -2.08. The summed E-state index contributed by atoms with van der Waals surface area (Å²) >= 11 is 3.27. The van der Waals surface area contributed by atoms with Crippen LogP contribution in [0, 0.1) is 0 Å². The molecule has 0 saturated heterocycles. The van der Waals surface area contributed by atoms with Crippen LogP contribution in [0.2, 0.25) is 0 Å². The summed E-state index contributed by atoms with van der Waals surface area (Å²) in [6.07, 6.45) is 4.90. The number of halogens is 1. The zero-order valence-electron chi connectivity index (χ0n) is 9.56. The molecule has 0 bridgehead atoms. The van der Waals surface area contributed by atoms with Gasteiger partial charge in [0.1, 0.15) is 4.47 Å². The van der Waals surface area contributed by atoms with Gasteiger partial charge in [0.2, 0.25) is 0 Å². The lowest BCUT2D eigenvalue weighted by atomic mass is 10.4. The van der Waals surface area contributed by atoms with Gasteiger partial charge in [0.15, 0.2) is 0 Å². The molecular weight excluding hydrogens is 298 g/mol. The molecule has 7 heteroatoms. The van der Waals surface area contributed by atoms with Gasteiger partial charge in [-0.3, -0.25) is 9.89 Å². The van der Waals surface area contributed by atoms with Gasteiger partial charge in [0.25, 0.3) is 5.56 Å². The summed E-state index contributed by atoms with van der Waals surface area (Å²) in [6, 6.07) is 1.85. The Morgan fingerprint density at radius 2 is 2.44 bits per heavy atom. The number of nitrogens with zero attached hydrogens (tertiary/aromatic N) is 3. The van der Waals surface area contributed by atoms with Crippen molar-refractivity contribution >= 4 is 21.6 Å². The van der Waals surface area contributed by atoms with Crippen LogP contribution >= 0.6 is 15.9 Å². The number of hydrogen-bond acceptors (Lipinski definition) is 4. The average Bonchev–Trinajstić information content (AvgIpc) is 2.87. The van der Waals surface area contributed by atoms with Gasteiger partial charge in [0.05, 0.1) is 30.7 Å². The fourth-order valence-electron chi connectivity index (χ4n) is 1.41. The maximum Gasteiger partial charge on any atom is 0.283 e. The molecule has 0 aromatic carbocycles. The molecular formula is C11H12BrN5O. The van der Waals surface area contributed by atoms with Gasteiger partial charge in [-0.1, -0.05) is 6.08 Å². The maximum absolute atomic E-state index is 11.9. The van der Waals surface area contributed by atoms with Crippen LogP contribution < -0.4 is 10.9 Å². The monoisotopic (exact) mass is 309 g/mol. The van der Waals surface area contributed by atoms with Gasteiger partial charge in [0, 0.05) is 6.20 Å². The highest BCUT2D eigenvalue weighted by molar-refractivity contribution is 9.10. The molecule has 0 unspecified atom stereocenters. The number of rotatable bonds is 5. The zero-order valence-corrected chi connectivity index (χ0v) is 11.1.